The monoisotopic (exact) mass is 357 g/mol. The summed E-state index contributed by atoms with van der Waals surface area (Å²) in [5.74, 6) is 2.88. The first-order valence-electron chi connectivity index (χ1n) is 9.02. The van der Waals surface area contributed by atoms with Gasteiger partial charge in [-0.15, -0.1) is 0 Å². The third-order valence-corrected chi connectivity index (χ3v) is 4.83. The second kappa shape index (κ2) is 7.27. The standard InChI is InChI=1S/C19H23N3O4/c1-14(11-15-3-4-16-17(12-15)26-13-25-16)18-20-5-7-21(18)8-9-22-6-2-10-24-19(22)23/h3-5,7,12,14H,2,6,8-11,13H2,1H3/t14-/m1/s1. The van der Waals surface area contributed by atoms with Gasteiger partial charge in [-0.2, -0.15) is 0 Å². The van der Waals surface area contributed by atoms with Crippen molar-refractivity contribution in [2.75, 3.05) is 26.5 Å². The van der Waals surface area contributed by atoms with E-state index < -0.39 is 0 Å². The molecule has 4 rings (SSSR count). The number of nitrogens with zero attached hydrogens (tertiary/aromatic N) is 3. The smallest absolute Gasteiger partial charge is 0.409 e. The number of aromatic nitrogens is 2. The van der Waals surface area contributed by atoms with Crippen LogP contribution >= 0.6 is 0 Å². The Morgan fingerprint density at radius 2 is 2.08 bits per heavy atom. The summed E-state index contributed by atoms with van der Waals surface area (Å²) >= 11 is 0. The molecule has 3 heterocycles. The molecule has 0 spiro atoms. The average Bonchev–Trinajstić information content (AvgIpc) is 3.29. The highest BCUT2D eigenvalue weighted by molar-refractivity contribution is 5.68. The third kappa shape index (κ3) is 3.47. The Balaban J connectivity index is 1.40. The number of cyclic esters (lactones) is 1. The summed E-state index contributed by atoms with van der Waals surface area (Å²) in [5, 5.41) is 0. The van der Waals surface area contributed by atoms with Gasteiger partial charge in [0.05, 0.1) is 6.61 Å². The molecule has 0 bridgehead atoms. The summed E-state index contributed by atoms with van der Waals surface area (Å²) in [6.45, 7) is 5.10. The molecule has 26 heavy (non-hydrogen) atoms. The van der Waals surface area contributed by atoms with Crippen LogP contribution < -0.4 is 9.47 Å². The fourth-order valence-electron chi connectivity index (χ4n) is 3.48. The van der Waals surface area contributed by atoms with Crippen LogP contribution in [0.4, 0.5) is 4.79 Å². The van der Waals surface area contributed by atoms with E-state index >= 15 is 0 Å². The van der Waals surface area contributed by atoms with Crippen molar-refractivity contribution in [3.63, 3.8) is 0 Å². The van der Waals surface area contributed by atoms with E-state index in [0.717, 1.165) is 43.3 Å². The van der Waals surface area contributed by atoms with Gasteiger partial charge in [-0.1, -0.05) is 13.0 Å². The first-order chi connectivity index (χ1) is 12.7. The van der Waals surface area contributed by atoms with Crippen LogP contribution in [0.15, 0.2) is 30.6 Å². The van der Waals surface area contributed by atoms with E-state index in [1.807, 2.05) is 24.5 Å². The summed E-state index contributed by atoms with van der Waals surface area (Å²) in [6.07, 6.45) is 5.33. The number of imidazole rings is 1. The topological polar surface area (TPSA) is 65.8 Å². The first-order valence-corrected chi connectivity index (χ1v) is 9.02. The second-order valence-electron chi connectivity index (χ2n) is 6.73. The van der Waals surface area contributed by atoms with Crippen LogP contribution in [0.25, 0.3) is 0 Å². The van der Waals surface area contributed by atoms with Crippen molar-refractivity contribution < 1.29 is 19.0 Å². The molecule has 7 heteroatoms. The fraction of sp³-hybridized carbons (Fsp3) is 0.474. The number of carbonyl (C=O) groups is 1. The minimum atomic E-state index is -0.216. The number of amides is 1. The fourth-order valence-corrected chi connectivity index (χ4v) is 3.48. The maximum absolute atomic E-state index is 11.8. The van der Waals surface area contributed by atoms with Gasteiger partial charge in [-0.25, -0.2) is 9.78 Å². The van der Waals surface area contributed by atoms with Gasteiger partial charge in [0.2, 0.25) is 6.79 Å². The Kier molecular flexibility index (Phi) is 4.69. The Bertz CT molecular complexity index is 789. The lowest BCUT2D eigenvalue weighted by Gasteiger charge is -2.26. The van der Waals surface area contributed by atoms with Gasteiger partial charge in [0.1, 0.15) is 5.82 Å². The zero-order chi connectivity index (χ0) is 17.9. The van der Waals surface area contributed by atoms with Crippen molar-refractivity contribution in [3.05, 3.63) is 42.0 Å². The highest BCUT2D eigenvalue weighted by Crippen LogP contribution is 2.33. The first kappa shape index (κ1) is 16.8. The van der Waals surface area contributed by atoms with Crippen LogP contribution in [0.3, 0.4) is 0 Å². The maximum atomic E-state index is 11.8. The summed E-state index contributed by atoms with van der Waals surface area (Å²) in [4.78, 5) is 18.1. The third-order valence-electron chi connectivity index (χ3n) is 4.83. The molecule has 138 valence electrons. The molecule has 1 aromatic heterocycles. The van der Waals surface area contributed by atoms with E-state index in [-0.39, 0.29) is 18.8 Å². The number of carbonyl (C=O) groups excluding carboxylic acids is 1. The normalized spacial score (nSPS) is 17.3. The molecule has 1 amide bonds. The van der Waals surface area contributed by atoms with Crippen molar-refractivity contribution in [2.24, 2.45) is 0 Å². The lowest BCUT2D eigenvalue weighted by Crippen LogP contribution is -2.39. The van der Waals surface area contributed by atoms with Crippen molar-refractivity contribution in [1.82, 2.24) is 14.5 Å². The molecule has 2 aliphatic rings. The quantitative estimate of drug-likeness (QED) is 0.795. The van der Waals surface area contributed by atoms with Crippen molar-refractivity contribution in [1.29, 1.82) is 0 Å². The maximum Gasteiger partial charge on any atom is 0.409 e. The van der Waals surface area contributed by atoms with Crippen LogP contribution in [0.5, 0.6) is 11.5 Å². The van der Waals surface area contributed by atoms with Gasteiger partial charge in [0.25, 0.3) is 0 Å². The molecule has 2 aliphatic heterocycles. The molecular formula is C19H23N3O4. The minimum absolute atomic E-state index is 0.216. The number of fused-ring (bicyclic) bond motifs is 1. The minimum Gasteiger partial charge on any atom is -0.454 e. The molecule has 0 radical (unpaired) electrons. The van der Waals surface area contributed by atoms with Crippen LogP contribution in [-0.4, -0.2) is 47.0 Å². The van der Waals surface area contributed by atoms with Gasteiger partial charge in [-0.3, -0.25) is 0 Å². The van der Waals surface area contributed by atoms with Gasteiger partial charge in [0.15, 0.2) is 11.5 Å². The molecule has 0 unspecified atom stereocenters. The zero-order valence-electron chi connectivity index (χ0n) is 14.9. The van der Waals surface area contributed by atoms with Gasteiger partial charge < -0.3 is 23.7 Å². The van der Waals surface area contributed by atoms with E-state index in [1.165, 1.54) is 5.56 Å². The largest absolute Gasteiger partial charge is 0.454 e. The van der Waals surface area contributed by atoms with Crippen LogP contribution in [0, 0.1) is 0 Å². The van der Waals surface area contributed by atoms with Crippen LogP contribution in [0.1, 0.15) is 30.7 Å². The molecule has 0 saturated carbocycles. The second-order valence-corrected chi connectivity index (χ2v) is 6.73. The van der Waals surface area contributed by atoms with E-state index in [2.05, 4.69) is 22.5 Å². The predicted molar refractivity (Wildman–Crippen MR) is 94.4 cm³/mol. The molecule has 1 aromatic carbocycles. The number of hydrogen-bond acceptors (Lipinski definition) is 5. The van der Waals surface area contributed by atoms with Crippen LogP contribution in [-0.2, 0) is 17.7 Å². The number of benzene rings is 1. The molecule has 1 atom stereocenters. The summed E-state index contributed by atoms with van der Waals surface area (Å²) in [7, 11) is 0. The Morgan fingerprint density at radius 3 is 2.96 bits per heavy atom. The molecule has 1 fully saturated rings. The van der Waals surface area contributed by atoms with Crippen LogP contribution in [0.2, 0.25) is 0 Å². The van der Waals surface area contributed by atoms with Gasteiger partial charge in [-0.05, 0) is 30.5 Å². The molecule has 0 aliphatic carbocycles. The molecule has 1 saturated heterocycles. The summed E-state index contributed by atoms with van der Waals surface area (Å²) in [6, 6.07) is 6.07. The van der Waals surface area contributed by atoms with E-state index in [1.54, 1.807) is 4.90 Å². The lowest BCUT2D eigenvalue weighted by molar-refractivity contribution is 0.0715. The van der Waals surface area contributed by atoms with Crippen molar-refractivity contribution in [2.45, 2.75) is 32.2 Å². The number of rotatable bonds is 6. The SMILES string of the molecule is C[C@H](Cc1ccc2c(c1)OCO2)c1nccn1CCN1CCCOC1=O. The Hall–Kier alpha value is -2.70. The Labute approximate surface area is 152 Å². The summed E-state index contributed by atoms with van der Waals surface area (Å²) < 4.78 is 18.0. The summed E-state index contributed by atoms with van der Waals surface area (Å²) in [5.41, 5.74) is 1.19. The predicted octanol–water partition coefficient (Wildman–Crippen LogP) is 2.80. The van der Waals surface area contributed by atoms with Gasteiger partial charge >= 0.3 is 6.09 Å². The van der Waals surface area contributed by atoms with E-state index in [4.69, 9.17) is 14.2 Å². The van der Waals surface area contributed by atoms with E-state index in [9.17, 15) is 4.79 Å². The number of hydrogen-bond donors (Lipinski definition) is 0. The zero-order valence-corrected chi connectivity index (χ0v) is 14.9. The highest BCUT2D eigenvalue weighted by Gasteiger charge is 2.21. The molecule has 2 aromatic rings. The Morgan fingerprint density at radius 1 is 1.19 bits per heavy atom. The van der Waals surface area contributed by atoms with E-state index in [0.29, 0.717) is 13.2 Å². The molecular weight excluding hydrogens is 334 g/mol. The van der Waals surface area contributed by atoms with Crippen molar-refractivity contribution >= 4 is 6.09 Å². The molecule has 0 N–H and O–H groups in total. The van der Waals surface area contributed by atoms with Crippen molar-refractivity contribution in [3.8, 4) is 11.5 Å². The molecule has 7 nitrogen and oxygen atoms in total. The highest BCUT2D eigenvalue weighted by atomic mass is 16.7. The lowest BCUT2D eigenvalue weighted by atomic mass is 10.00. The average molecular weight is 357 g/mol. The number of ether oxygens (including phenoxy) is 3. The van der Waals surface area contributed by atoms with Gasteiger partial charge in [0, 0.05) is 37.9 Å².